The molecular formula is C8H11BrN2S2. The molecule has 0 atom stereocenters. The highest BCUT2D eigenvalue weighted by molar-refractivity contribution is 9.10. The summed E-state index contributed by atoms with van der Waals surface area (Å²) in [6.45, 7) is 1.05. The molecule has 0 spiro atoms. The monoisotopic (exact) mass is 278 g/mol. The molecule has 0 aromatic carbocycles. The second kappa shape index (κ2) is 3.79. The number of hydrogen-bond donors (Lipinski definition) is 1. The molecular weight excluding hydrogens is 268 g/mol. The maximum Gasteiger partial charge on any atom is 0.183 e. The summed E-state index contributed by atoms with van der Waals surface area (Å²) in [5.74, 6) is 0. The van der Waals surface area contributed by atoms with Crippen LogP contribution in [0, 0.1) is 0 Å². The molecule has 1 heterocycles. The molecule has 0 unspecified atom stereocenters. The first-order valence-corrected chi connectivity index (χ1v) is 7.04. The van der Waals surface area contributed by atoms with Gasteiger partial charge < -0.3 is 5.32 Å². The van der Waals surface area contributed by atoms with Crippen molar-refractivity contribution in [3.63, 3.8) is 0 Å². The molecule has 0 aliphatic heterocycles. The number of rotatable bonds is 4. The van der Waals surface area contributed by atoms with E-state index in [1.54, 1.807) is 11.3 Å². The number of anilines is 1. The van der Waals surface area contributed by atoms with Crippen LogP contribution in [0.3, 0.4) is 0 Å². The summed E-state index contributed by atoms with van der Waals surface area (Å²) >= 11 is 6.96. The maximum atomic E-state index is 4.29. The van der Waals surface area contributed by atoms with E-state index in [0.29, 0.717) is 4.75 Å². The van der Waals surface area contributed by atoms with Crippen LogP contribution in [0.5, 0.6) is 0 Å². The fraction of sp³-hybridized carbons (Fsp3) is 0.625. The standard InChI is InChI=1S/C8H11BrN2S2/c1-12-8(2-3-8)5-10-7-11-6(9)4-13-7/h4H,2-3,5H2,1H3,(H,10,11). The van der Waals surface area contributed by atoms with Gasteiger partial charge in [-0.2, -0.15) is 11.8 Å². The van der Waals surface area contributed by atoms with Gasteiger partial charge in [-0.25, -0.2) is 4.98 Å². The fourth-order valence-corrected chi connectivity index (χ4v) is 3.03. The van der Waals surface area contributed by atoms with Crippen LogP contribution in [0.25, 0.3) is 0 Å². The van der Waals surface area contributed by atoms with E-state index in [9.17, 15) is 0 Å². The van der Waals surface area contributed by atoms with E-state index in [-0.39, 0.29) is 0 Å². The molecule has 2 nitrogen and oxygen atoms in total. The second-order valence-electron chi connectivity index (χ2n) is 3.22. The Kier molecular flexibility index (Phi) is 2.86. The van der Waals surface area contributed by atoms with Crippen LogP contribution in [0.1, 0.15) is 12.8 Å². The van der Waals surface area contributed by atoms with Crippen molar-refractivity contribution in [2.45, 2.75) is 17.6 Å². The number of thiazole rings is 1. The molecule has 1 saturated carbocycles. The lowest BCUT2D eigenvalue weighted by atomic mass is 10.4. The van der Waals surface area contributed by atoms with E-state index in [2.05, 4.69) is 32.5 Å². The lowest BCUT2D eigenvalue weighted by Gasteiger charge is -2.11. The molecule has 1 aliphatic rings. The Hall–Kier alpha value is 0.260. The van der Waals surface area contributed by atoms with Crippen molar-refractivity contribution in [3.05, 3.63) is 9.98 Å². The highest BCUT2D eigenvalue weighted by Crippen LogP contribution is 2.47. The Morgan fingerprint density at radius 3 is 3.00 bits per heavy atom. The van der Waals surface area contributed by atoms with Gasteiger partial charge in [0, 0.05) is 16.7 Å². The summed E-state index contributed by atoms with van der Waals surface area (Å²) in [5, 5.41) is 6.40. The number of aromatic nitrogens is 1. The SMILES string of the molecule is CSC1(CNc2nc(Br)cs2)CC1. The van der Waals surface area contributed by atoms with Crippen molar-refractivity contribution in [1.29, 1.82) is 0 Å². The van der Waals surface area contributed by atoms with Crippen molar-refractivity contribution in [1.82, 2.24) is 4.98 Å². The molecule has 1 aliphatic carbocycles. The van der Waals surface area contributed by atoms with Crippen LogP contribution in [0.15, 0.2) is 9.98 Å². The molecule has 0 radical (unpaired) electrons. The molecule has 13 heavy (non-hydrogen) atoms. The van der Waals surface area contributed by atoms with E-state index < -0.39 is 0 Å². The van der Waals surface area contributed by atoms with E-state index in [0.717, 1.165) is 16.3 Å². The van der Waals surface area contributed by atoms with E-state index in [4.69, 9.17) is 0 Å². The number of hydrogen-bond acceptors (Lipinski definition) is 4. The summed E-state index contributed by atoms with van der Waals surface area (Å²) in [4.78, 5) is 4.29. The number of nitrogens with one attached hydrogen (secondary N) is 1. The predicted octanol–water partition coefficient (Wildman–Crippen LogP) is 3.21. The van der Waals surface area contributed by atoms with Gasteiger partial charge in [0.2, 0.25) is 0 Å². The third-order valence-corrected chi connectivity index (χ3v) is 5.21. The Morgan fingerprint density at radius 2 is 2.54 bits per heavy atom. The van der Waals surface area contributed by atoms with E-state index >= 15 is 0 Å². The molecule has 72 valence electrons. The topological polar surface area (TPSA) is 24.9 Å². The zero-order chi connectivity index (χ0) is 9.31. The molecule has 2 rings (SSSR count). The lowest BCUT2D eigenvalue weighted by molar-refractivity contribution is 0.946. The van der Waals surface area contributed by atoms with Gasteiger partial charge in [0.1, 0.15) is 4.60 Å². The first kappa shape index (κ1) is 9.80. The van der Waals surface area contributed by atoms with Crippen molar-refractivity contribution in [2.24, 2.45) is 0 Å². The van der Waals surface area contributed by atoms with Gasteiger partial charge in [-0.15, -0.1) is 11.3 Å². The quantitative estimate of drug-likeness (QED) is 0.916. The highest BCUT2D eigenvalue weighted by Gasteiger charge is 2.41. The summed E-state index contributed by atoms with van der Waals surface area (Å²) < 4.78 is 1.44. The van der Waals surface area contributed by atoms with Crippen LogP contribution in [-0.4, -0.2) is 22.5 Å². The average Bonchev–Trinajstić information content (AvgIpc) is 2.81. The highest BCUT2D eigenvalue weighted by atomic mass is 79.9. The van der Waals surface area contributed by atoms with Gasteiger partial charge >= 0.3 is 0 Å². The minimum Gasteiger partial charge on any atom is -0.360 e. The Bertz CT molecular complexity index is 296. The summed E-state index contributed by atoms with van der Waals surface area (Å²) in [5.41, 5.74) is 0. The number of thioether (sulfide) groups is 1. The van der Waals surface area contributed by atoms with Gasteiger partial charge in [0.05, 0.1) is 0 Å². The van der Waals surface area contributed by atoms with Crippen LogP contribution in [0.2, 0.25) is 0 Å². The second-order valence-corrected chi connectivity index (χ2v) is 6.16. The van der Waals surface area contributed by atoms with Crippen molar-refractivity contribution in [3.8, 4) is 0 Å². The van der Waals surface area contributed by atoms with Crippen molar-refractivity contribution >= 4 is 44.2 Å². The third-order valence-electron chi connectivity index (χ3n) is 2.28. The minimum atomic E-state index is 0.512. The van der Waals surface area contributed by atoms with E-state index in [1.165, 1.54) is 12.8 Å². The third kappa shape index (κ3) is 2.39. The van der Waals surface area contributed by atoms with Crippen LogP contribution in [-0.2, 0) is 0 Å². The summed E-state index contributed by atoms with van der Waals surface area (Å²) in [6.07, 6.45) is 4.87. The molecule has 0 amide bonds. The molecule has 1 fully saturated rings. The maximum absolute atomic E-state index is 4.29. The van der Waals surface area contributed by atoms with Crippen LogP contribution >= 0.6 is 39.0 Å². The summed E-state index contributed by atoms with van der Waals surface area (Å²) in [6, 6.07) is 0. The van der Waals surface area contributed by atoms with E-state index in [1.807, 2.05) is 17.1 Å². The Labute approximate surface area is 94.7 Å². The van der Waals surface area contributed by atoms with Gasteiger partial charge in [-0.05, 0) is 35.0 Å². The zero-order valence-electron chi connectivity index (χ0n) is 7.34. The molecule has 0 bridgehead atoms. The number of nitrogens with zero attached hydrogens (tertiary/aromatic N) is 1. The van der Waals surface area contributed by atoms with Crippen molar-refractivity contribution < 1.29 is 0 Å². The largest absolute Gasteiger partial charge is 0.360 e. The molecule has 5 heteroatoms. The smallest absolute Gasteiger partial charge is 0.183 e. The van der Waals surface area contributed by atoms with Crippen LogP contribution in [0.4, 0.5) is 5.13 Å². The molecule has 1 aromatic heterocycles. The Balaban J connectivity index is 1.86. The first-order valence-electron chi connectivity index (χ1n) is 4.14. The lowest BCUT2D eigenvalue weighted by Crippen LogP contribution is -2.17. The average molecular weight is 279 g/mol. The Morgan fingerprint density at radius 1 is 1.77 bits per heavy atom. The fourth-order valence-electron chi connectivity index (χ4n) is 1.16. The molecule has 1 aromatic rings. The van der Waals surface area contributed by atoms with Gasteiger partial charge in [0.25, 0.3) is 0 Å². The molecule has 0 saturated heterocycles. The molecule has 1 N–H and O–H groups in total. The zero-order valence-corrected chi connectivity index (χ0v) is 10.6. The number of halogens is 1. The predicted molar refractivity (Wildman–Crippen MR) is 63.8 cm³/mol. The first-order chi connectivity index (χ1) is 6.24. The van der Waals surface area contributed by atoms with Gasteiger partial charge in [-0.3, -0.25) is 0 Å². The van der Waals surface area contributed by atoms with Gasteiger partial charge in [0.15, 0.2) is 5.13 Å². The minimum absolute atomic E-state index is 0.512. The van der Waals surface area contributed by atoms with Crippen LogP contribution < -0.4 is 5.32 Å². The normalized spacial score (nSPS) is 18.6. The van der Waals surface area contributed by atoms with Crippen molar-refractivity contribution in [2.75, 3.05) is 18.1 Å². The summed E-state index contributed by atoms with van der Waals surface area (Å²) in [7, 11) is 0. The van der Waals surface area contributed by atoms with Gasteiger partial charge in [-0.1, -0.05) is 0 Å².